The van der Waals surface area contributed by atoms with Gasteiger partial charge >= 0.3 is 13.1 Å². The number of ether oxygens (including phenoxy) is 1. The highest BCUT2D eigenvalue weighted by Gasteiger charge is 2.60. The molecule has 0 radical (unpaired) electrons. The minimum absolute atomic E-state index is 0.0704. The summed E-state index contributed by atoms with van der Waals surface area (Å²) >= 11 is 0. The van der Waals surface area contributed by atoms with Crippen molar-refractivity contribution in [2.24, 2.45) is 5.41 Å². The van der Waals surface area contributed by atoms with Gasteiger partial charge in [-0.25, -0.2) is 0 Å². The summed E-state index contributed by atoms with van der Waals surface area (Å²) in [5.41, 5.74) is -1.19. The van der Waals surface area contributed by atoms with Crippen molar-refractivity contribution >= 4 is 13.1 Å². The minimum atomic E-state index is -0.490. The lowest BCUT2D eigenvalue weighted by atomic mass is 9.59. The number of hydrogen-bond donors (Lipinski definition) is 0. The van der Waals surface area contributed by atoms with Crippen LogP contribution < -0.4 is 0 Å². The van der Waals surface area contributed by atoms with E-state index in [0.717, 1.165) is 19.3 Å². The molecule has 2 aliphatic rings. The molecule has 0 N–H and O–H groups in total. The van der Waals surface area contributed by atoms with Crippen LogP contribution >= 0.6 is 0 Å². The van der Waals surface area contributed by atoms with Gasteiger partial charge in [-0.05, 0) is 41.0 Å². The SMILES string of the molecule is COC(=O)[C@]1(C)CCC[C@@H]1B1OC(C)(C)C(C)(C)O1. The smallest absolute Gasteiger partial charge is 0.462 e. The van der Waals surface area contributed by atoms with Gasteiger partial charge in [0.25, 0.3) is 0 Å². The van der Waals surface area contributed by atoms with Crippen molar-refractivity contribution in [3.05, 3.63) is 0 Å². The summed E-state index contributed by atoms with van der Waals surface area (Å²) in [5.74, 6) is -0.0780. The molecule has 2 atom stereocenters. The molecule has 0 unspecified atom stereocenters. The predicted octanol–water partition coefficient (Wildman–Crippen LogP) is 2.81. The lowest BCUT2D eigenvalue weighted by Gasteiger charge is -2.32. The van der Waals surface area contributed by atoms with Crippen LogP contribution in [0.1, 0.15) is 53.9 Å². The molecule has 1 heterocycles. The maximum absolute atomic E-state index is 12.1. The standard InChI is InChI=1S/C14H25BO4/c1-12(2)13(3,4)19-15(18-12)10-8-7-9-14(10,5)11(16)17-6/h10H,7-9H2,1-6H3/t10-,14+/m0/s1. The Bertz CT molecular complexity index is 364. The lowest BCUT2D eigenvalue weighted by molar-refractivity contribution is -0.151. The van der Waals surface area contributed by atoms with E-state index in [0.29, 0.717) is 0 Å². The number of hydrogen-bond acceptors (Lipinski definition) is 4. The van der Waals surface area contributed by atoms with Crippen molar-refractivity contribution in [2.45, 2.75) is 70.9 Å². The number of rotatable bonds is 2. The molecule has 0 spiro atoms. The average molecular weight is 268 g/mol. The quantitative estimate of drug-likeness (QED) is 0.570. The largest absolute Gasteiger partial charge is 0.469 e. The van der Waals surface area contributed by atoms with E-state index in [4.69, 9.17) is 14.0 Å². The molecule has 1 saturated heterocycles. The van der Waals surface area contributed by atoms with Crippen LogP contribution in [0.25, 0.3) is 0 Å². The third kappa shape index (κ3) is 2.21. The molecule has 0 aromatic rings. The monoisotopic (exact) mass is 268 g/mol. The first kappa shape index (κ1) is 14.9. The van der Waals surface area contributed by atoms with E-state index >= 15 is 0 Å². The minimum Gasteiger partial charge on any atom is -0.469 e. The molecular formula is C14H25BO4. The first-order valence-corrected chi connectivity index (χ1v) is 7.08. The van der Waals surface area contributed by atoms with Gasteiger partial charge < -0.3 is 14.0 Å². The van der Waals surface area contributed by atoms with E-state index in [1.165, 1.54) is 7.11 Å². The Balaban J connectivity index is 2.22. The highest BCUT2D eigenvalue weighted by molar-refractivity contribution is 6.48. The second-order valence-corrected chi connectivity index (χ2v) is 7.03. The molecule has 2 fully saturated rings. The molecule has 1 saturated carbocycles. The zero-order valence-electron chi connectivity index (χ0n) is 12.9. The topological polar surface area (TPSA) is 44.8 Å². The molecule has 0 bridgehead atoms. The van der Waals surface area contributed by atoms with Gasteiger partial charge in [0.2, 0.25) is 0 Å². The summed E-state index contributed by atoms with van der Waals surface area (Å²) in [4.78, 5) is 12.1. The van der Waals surface area contributed by atoms with E-state index < -0.39 is 5.41 Å². The Morgan fingerprint density at radius 3 is 2.16 bits per heavy atom. The fourth-order valence-electron chi connectivity index (χ4n) is 3.17. The fraction of sp³-hybridized carbons (Fsp3) is 0.929. The third-order valence-corrected chi connectivity index (χ3v) is 5.28. The summed E-state index contributed by atoms with van der Waals surface area (Å²) in [6, 6.07) is 0. The maximum Gasteiger partial charge on any atom is 0.462 e. The van der Waals surface area contributed by atoms with Gasteiger partial charge in [0.15, 0.2) is 0 Å². The normalized spacial score (nSPS) is 36.5. The summed E-state index contributed by atoms with van der Waals surface area (Å²) in [6.07, 6.45) is 2.80. The van der Waals surface area contributed by atoms with Gasteiger partial charge in [-0.1, -0.05) is 12.8 Å². The Hall–Kier alpha value is -0.545. The van der Waals surface area contributed by atoms with Crippen molar-refractivity contribution < 1.29 is 18.8 Å². The van der Waals surface area contributed by atoms with Crippen LogP contribution in [-0.4, -0.2) is 31.4 Å². The van der Waals surface area contributed by atoms with E-state index in [1.54, 1.807) is 0 Å². The van der Waals surface area contributed by atoms with Gasteiger partial charge in [-0.2, -0.15) is 0 Å². The van der Waals surface area contributed by atoms with Gasteiger partial charge in [0.1, 0.15) is 0 Å². The molecule has 2 rings (SSSR count). The first-order valence-electron chi connectivity index (χ1n) is 7.08. The molecule has 1 aliphatic heterocycles. The van der Waals surface area contributed by atoms with Crippen LogP contribution in [0.15, 0.2) is 0 Å². The van der Waals surface area contributed by atoms with Crippen LogP contribution in [0.5, 0.6) is 0 Å². The van der Waals surface area contributed by atoms with Crippen LogP contribution in [0.3, 0.4) is 0 Å². The second kappa shape index (κ2) is 4.49. The zero-order valence-corrected chi connectivity index (χ0v) is 12.9. The van der Waals surface area contributed by atoms with E-state index in [1.807, 2.05) is 34.6 Å². The summed E-state index contributed by atoms with van der Waals surface area (Å²) in [7, 11) is 1.13. The highest BCUT2D eigenvalue weighted by atomic mass is 16.7. The number of carbonyl (C=O) groups is 1. The average Bonchev–Trinajstić information content (AvgIpc) is 2.78. The Kier molecular flexibility index (Phi) is 3.51. The van der Waals surface area contributed by atoms with E-state index in [9.17, 15) is 4.79 Å². The maximum atomic E-state index is 12.1. The van der Waals surface area contributed by atoms with Gasteiger partial charge in [-0.3, -0.25) is 4.79 Å². The van der Waals surface area contributed by atoms with Crippen LogP contribution in [0.2, 0.25) is 5.82 Å². The van der Waals surface area contributed by atoms with Crippen LogP contribution in [0.4, 0.5) is 0 Å². The highest BCUT2D eigenvalue weighted by Crippen LogP contribution is 2.53. The first-order chi connectivity index (χ1) is 8.64. The molecule has 1 aliphatic carbocycles. The molecule has 4 nitrogen and oxygen atoms in total. The van der Waals surface area contributed by atoms with Crippen LogP contribution in [-0.2, 0) is 18.8 Å². The van der Waals surface area contributed by atoms with Crippen molar-refractivity contribution in [3.63, 3.8) is 0 Å². The van der Waals surface area contributed by atoms with Crippen LogP contribution in [0, 0.1) is 5.41 Å². The fourth-order valence-corrected chi connectivity index (χ4v) is 3.17. The second-order valence-electron chi connectivity index (χ2n) is 7.03. The number of esters is 1. The third-order valence-electron chi connectivity index (χ3n) is 5.28. The van der Waals surface area contributed by atoms with Crippen molar-refractivity contribution in [2.75, 3.05) is 7.11 Å². The van der Waals surface area contributed by atoms with E-state index in [-0.39, 0.29) is 30.1 Å². The molecule has 0 aromatic heterocycles. The van der Waals surface area contributed by atoms with Crippen molar-refractivity contribution in [3.8, 4) is 0 Å². The van der Waals surface area contributed by atoms with E-state index in [2.05, 4.69) is 0 Å². The van der Waals surface area contributed by atoms with Crippen molar-refractivity contribution in [1.82, 2.24) is 0 Å². The Morgan fingerprint density at radius 2 is 1.68 bits per heavy atom. The van der Waals surface area contributed by atoms with Crippen molar-refractivity contribution in [1.29, 1.82) is 0 Å². The predicted molar refractivity (Wildman–Crippen MR) is 73.8 cm³/mol. The van der Waals surface area contributed by atoms with Gasteiger partial charge in [-0.15, -0.1) is 0 Å². The molecule has 108 valence electrons. The lowest BCUT2D eigenvalue weighted by Crippen LogP contribution is -2.41. The molecule has 0 amide bonds. The molecule has 5 heteroatoms. The Labute approximate surface area is 116 Å². The molecular weight excluding hydrogens is 243 g/mol. The summed E-state index contributed by atoms with van der Waals surface area (Å²) in [5, 5.41) is 0. The Morgan fingerprint density at radius 1 is 1.16 bits per heavy atom. The number of carbonyl (C=O) groups excluding carboxylic acids is 1. The summed E-state index contributed by atoms with van der Waals surface area (Å²) in [6.45, 7) is 10.1. The number of methoxy groups -OCH3 is 1. The molecule has 0 aromatic carbocycles. The zero-order chi connectivity index (χ0) is 14.5. The summed E-state index contributed by atoms with van der Waals surface area (Å²) < 4.78 is 17.2. The van der Waals surface area contributed by atoms with Gasteiger partial charge in [0.05, 0.1) is 23.7 Å². The van der Waals surface area contributed by atoms with Gasteiger partial charge in [0, 0.05) is 5.82 Å². The molecule has 19 heavy (non-hydrogen) atoms.